The van der Waals surface area contributed by atoms with Crippen LogP contribution in [0.3, 0.4) is 0 Å². The highest BCUT2D eigenvalue weighted by Crippen LogP contribution is 2.28. The Bertz CT molecular complexity index is 1330. The van der Waals surface area contributed by atoms with Gasteiger partial charge in [-0.15, -0.1) is 0 Å². The number of benzene rings is 3. The molecule has 1 aromatic heterocycles. The van der Waals surface area contributed by atoms with Gasteiger partial charge >= 0.3 is 5.97 Å². The van der Waals surface area contributed by atoms with Gasteiger partial charge in [-0.1, -0.05) is 86.5 Å². The smallest absolute Gasteiger partial charge is 0.336 e. The first-order valence-electron chi connectivity index (χ1n) is 13.6. The molecule has 0 unspecified atom stereocenters. The van der Waals surface area contributed by atoms with Gasteiger partial charge in [0.15, 0.2) is 5.76 Å². The highest BCUT2D eigenvalue weighted by Gasteiger charge is 2.10. The van der Waals surface area contributed by atoms with Gasteiger partial charge in [0.25, 0.3) is 0 Å². The lowest BCUT2D eigenvalue weighted by Crippen LogP contribution is -2.03. The molecule has 0 aliphatic heterocycles. The van der Waals surface area contributed by atoms with Crippen LogP contribution in [0.15, 0.2) is 89.5 Å². The van der Waals surface area contributed by atoms with Crippen LogP contribution in [-0.4, -0.2) is 17.7 Å². The summed E-state index contributed by atoms with van der Waals surface area (Å²) < 4.78 is 16.8. The molecule has 0 spiro atoms. The SMILES string of the molecule is CCCCCCCCCOc1ccc(/C=C/C(=O)Oc2ccc(-c3cc(-c4ccc(Cl)cc4)no3)cc2)cc1. The largest absolute Gasteiger partial charge is 0.494 e. The molecule has 3 aromatic carbocycles. The molecular formula is C33H34ClNO4. The lowest BCUT2D eigenvalue weighted by atomic mass is 10.1. The maximum atomic E-state index is 12.3. The van der Waals surface area contributed by atoms with Gasteiger partial charge in [0, 0.05) is 28.3 Å². The van der Waals surface area contributed by atoms with E-state index in [0.29, 0.717) is 16.5 Å². The van der Waals surface area contributed by atoms with E-state index in [9.17, 15) is 4.79 Å². The average Bonchev–Trinajstić information content (AvgIpc) is 3.45. The Hall–Kier alpha value is -3.83. The number of carbonyl (C=O) groups is 1. The third kappa shape index (κ3) is 9.15. The van der Waals surface area contributed by atoms with Gasteiger partial charge in [-0.05, 0) is 66.6 Å². The molecule has 0 saturated carbocycles. The van der Waals surface area contributed by atoms with Gasteiger partial charge in [0.05, 0.1) is 6.61 Å². The van der Waals surface area contributed by atoms with E-state index in [4.69, 9.17) is 25.6 Å². The molecule has 4 rings (SSSR count). The second-order valence-corrected chi connectivity index (χ2v) is 9.84. The van der Waals surface area contributed by atoms with E-state index in [2.05, 4.69) is 12.1 Å². The van der Waals surface area contributed by atoms with Crippen molar-refractivity contribution in [2.45, 2.75) is 51.9 Å². The zero-order valence-corrected chi connectivity index (χ0v) is 23.0. The second-order valence-electron chi connectivity index (χ2n) is 9.40. The highest BCUT2D eigenvalue weighted by atomic mass is 35.5. The van der Waals surface area contributed by atoms with Crippen LogP contribution in [0.5, 0.6) is 11.5 Å². The number of hydrogen-bond acceptors (Lipinski definition) is 5. The molecule has 0 N–H and O–H groups in total. The third-order valence-electron chi connectivity index (χ3n) is 6.32. The Morgan fingerprint density at radius 3 is 2.18 bits per heavy atom. The molecule has 1 heterocycles. The molecule has 5 nitrogen and oxygen atoms in total. The maximum absolute atomic E-state index is 12.3. The minimum absolute atomic E-state index is 0.444. The minimum atomic E-state index is -0.452. The van der Waals surface area contributed by atoms with Gasteiger partial charge in [0.1, 0.15) is 17.2 Å². The summed E-state index contributed by atoms with van der Waals surface area (Å²) in [7, 11) is 0. The summed E-state index contributed by atoms with van der Waals surface area (Å²) >= 11 is 5.96. The van der Waals surface area contributed by atoms with Crippen LogP contribution in [0.4, 0.5) is 0 Å². The van der Waals surface area contributed by atoms with Crippen molar-refractivity contribution < 1.29 is 18.8 Å². The van der Waals surface area contributed by atoms with Crippen LogP contribution in [0.25, 0.3) is 28.7 Å². The molecule has 4 aromatic rings. The van der Waals surface area contributed by atoms with Crippen LogP contribution in [0.1, 0.15) is 57.4 Å². The number of halogens is 1. The molecule has 0 aliphatic rings. The fraction of sp³-hybridized carbons (Fsp3) is 0.273. The number of hydrogen-bond donors (Lipinski definition) is 0. The zero-order valence-electron chi connectivity index (χ0n) is 22.3. The zero-order chi connectivity index (χ0) is 27.3. The lowest BCUT2D eigenvalue weighted by Gasteiger charge is -2.06. The molecule has 0 saturated heterocycles. The molecule has 6 heteroatoms. The lowest BCUT2D eigenvalue weighted by molar-refractivity contribution is -0.128. The fourth-order valence-corrected chi connectivity index (χ4v) is 4.22. The average molecular weight is 544 g/mol. The van der Waals surface area contributed by atoms with Gasteiger partial charge in [-0.3, -0.25) is 0 Å². The quantitative estimate of drug-likeness (QED) is 0.0685. The number of esters is 1. The predicted octanol–water partition coefficient (Wildman–Crippen LogP) is 9.41. The number of aromatic nitrogens is 1. The Morgan fingerprint density at radius 1 is 0.821 bits per heavy atom. The van der Waals surface area contributed by atoms with Crippen molar-refractivity contribution in [3.63, 3.8) is 0 Å². The first kappa shape index (κ1) is 28.2. The van der Waals surface area contributed by atoms with Crippen LogP contribution in [-0.2, 0) is 4.79 Å². The van der Waals surface area contributed by atoms with E-state index >= 15 is 0 Å². The normalized spacial score (nSPS) is 11.1. The first-order chi connectivity index (χ1) is 19.1. The summed E-state index contributed by atoms with van der Waals surface area (Å²) in [6, 6.07) is 24.1. The molecule has 39 heavy (non-hydrogen) atoms. The summed E-state index contributed by atoms with van der Waals surface area (Å²) in [6.07, 6.45) is 12.0. The molecule has 0 fully saturated rings. The summed E-state index contributed by atoms with van der Waals surface area (Å²) in [6.45, 7) is 2.97. The van der Waals surface area contributed by atoms with E-state index in [1.54, 1.807) is 18.2 Å². The van der Waals surface area contributed by atoms with E-state index in [0.717, 1.165) is 41.2 Å². The first-order valence-corrected chi connectivity index (χ1v) is 13.9. The maximum Gasteiger partial charge on any atom is 0.336 e. The Morgan fingerprint density at radius 2 is 1.46 bits per heavy atom. The van der Waals surface area contributed by atoms with Crippen molar-refractivity contribution in [3.8, 4) is 34.1 Å². The monoisotopic (exact) mass is 543 g/mol. The molecule has 0 aliphatic carbocycles. The van der Waals surface area contributed by atoms with E-state index in [-0.39, 0.29) is 0 Å². The van der Waals surface area contributed by atoms with E-state index in [1.807, 2.05) is 66.7 Å². The number of carbonyl (C=O) groups excluding carboxylic acids is 1. The summed E-state index contributed by atoms with van der Waals surface area (Å²) in [5.74, 6) is 1.45. The van der Waals surface area contributed by atoms with Crippen molar-refractivity contribution in [3.05, 3.63) is 95.5 Å². The Labute approximate surface area is 235 Å². The number of rotatable bonds is 14. The number of ether oxygens (including phenoxy) is 2. The van der Waals surface area contributed by atoms with Crippen molar-refractivity contribution in [1.82, 2.24) is 5.16 Å². The standard InChI is InChI=1S/C33H34ClNO4/c1-2-3-4-5-6-7-8-23-37-29-18-9-25(10-19-29)11-22-33(36)38-30-20-14-27(15-21-30)32-24-31(35-39-32)26-12-16-28(34)17-13-26/h9-22,24H,2-8,23H2,1H3/b22-11+. The molecule has 202 valence electrons. The molecule has 0 radical (unpaired) electrons. The molecular weight excluding hydrogens is 510 g/mol. The summed E-state index contributed by atoms with van der Waals surface area (Å²) in [5, 5.41) is 4.80. The predicted molar refractivity (Wildman–Crippen MR) is 157 cm³/mol. The van der Waals surface area contributed by atoms with E-state index < -0.39 is 5.97 Å². The van der Waals surface area contributed by atoms with Crippen LogP contribution < -0.4 is 9.47 Å². The number of nitrogens with zero attached hydrogens (tertiary/aromatic N) is 1. The topological polar surface area (TPSA) is 61.6 Å². The third-order valence-corrected chi connectivity index (χ3v) is 6.57. The second kappa shape index (κ2) is 14.9. The molecule has 0 atom stereocenters. The van der Waals surface area contributed by atoms with Gasteiger partial charge in [-0.25, -0.2) is 4.79 Å². The Kier molecular flexibility index (Phi) is 10.8. The summed E-state index contributed by atoms with van der Waals surface area (Å²) in [4.78, 5) is 12.3. The Balaban J connectivity index is 1.21. The van der Waals surface area contributed by atoms with Crippen LogP contribution >= 0.6 is 11.6 Å². The molecule has 0 bridgehead atoms. The minimum Gasteiger partial charge on any atom is -0.494 e. The molecule has 0 amide bonds. The van der Waals surface area contributed by atoms with Gasteiger partial charge in [0.2, 0.25) is 0 Å². The summed E-state index contributed by atoms with van der Waals surface area (Å²) in [5.41, 5.74) is 3.35. The van der Waals surface area contributed by atoms with Gasteiger partial charge < -0.3 is 14.0 Å². The van der Waals surface area contributed by atoms with Crippen molar-refractivity contribution >= 4 is 23.6 Å². The van der Waals surface area contributed by atoms with Gasteiger partial charge in [-0.2, -0.15) is 0 Å². The number of unbranched alkanes of at least 4 members (excludes halogenated alkanes) is 6. The van der Waals surface area contributed by atoms with Crippen molar-refractivity contribution in [2.24, 2.45) is 0 Å². The highest BCUT2D eigenvalue weighted by molar-refractivity contribution is 6.30. The van der Waals surface area contributed by atoms with Crippen molar-refractivity contribution in [2.75, 3.05) is 6.61 Å². The van der Waals surface area contributed by atoms with Crippen LogP contribution in [0.2, 0.25) is 5.02 Å². The van der Waals surface area contributed by atoms with E-state index in [1.165, 1.54) is 44.6 Å². The van der Waals surface area contributed by atoms with Crippen LogP contribution in [0, 0.1) is 0 Å². The van der Waals surface area contributed by atoms with Crippen molar-refractivity contribution in [1.29, 1.82) is 0 Å². The fourth-order valence-electron chi connectivity index (χ4n) is 4.09.